The number of H-pyrrole nitrogens is 1. The molecule has 0 bridgehead atoms. The number of ether oxygens (including phenoxy) is 3. The Morgan fingerprint density at radius 1 is 1.26 bits per heavy atom. The first kappa shape index (κ1) is 24.6. The number of carbonyl (C=O) groups excluding carboxylic acids is 2. The van der Waals surface area contributed by atoms with Crippen molar-refractivity contribution in [2.75, 3.05) is 36.5 Å². The molecule has 0 saturated carbocycles. The number of anilines is 2. The number of nitrogens with one attached hydrogen (secondary N) is 3. The zero-order chi connectivity index (χ0) is 26.8. The predicted octanol–water partition coefficient (Wildman–Crippen LogP) is 1.70. The standard InChI is InChI=1S/C26H26N8O5/c27-7-17-6-20(37-12-18-9-29-14-31-18)5-16-3-15(4-21(16)17)8-28-2-1-19-11-34(26(36)39-19)22-10-30-25-24(32-22)33-23(35)13-38-25/h5-6,9-10,14-15,19,28H,1-4,8,11-13H2,(H,29,31)(H,32,33,35). The zero-order valence-electron chi connectivity index (χ0n) is 21.0. The molecule has 2 unspecified atom stereocenters. The number of cyclic esters (lactones) is 1. The van der Waals surface area contributed by atoms with Crippen LogP contribution >= 0.6 is 0 Å². The monoisotopic (exact) mass is 530 g/mol. The molecule has 2 amide bonds. The Balaban J connectivity index is 0.979. The van der Waals surface area contributed by atoms with Gasteiger partial charge in [-0.05, 0) is 61.5 Å². The number of fused-ring (bicyclic) bond motifs is 2. The Morgan fingerprint density at radius 2 is 2.18 bits per heavy atom. The molecule has 6 rings (SSSR count). The maximum absolute atomic E-state index is 12.4. The van der Waals surface area contributed by atoms with Crippen molar-refractivity contribution in [2.45, 2.75) is 32.0 Å². The van der Waals surface area contributed by atoms with E-state index in [1.54, 1.807) is 18.6 Å². The number of hydrogen-bond donors (Lipinski definition) is 3. The van der Waals surface area contributed by atoms with E-state index in [1.165, 1.54) is 11.1 Å². The van der Waals surface area contributed by atoms with Crippen LogP contribution in [0.1, 0.15) is 28.8 Å². The van der Waals surface area contributed by atoms with Gasteiger partial charge in [0.2, 0.25) is 0 Å². The van der Waals surface area contributed by atoms with Gasteiger partial charge in [-0.15, -0.1) is 0 Å². The van der Waals surface area contributed by atoms with Crippen molar-refractivity contribution >= 4 is 23.6 Å². The second kappa shape index (κ2) is 10.6. The van der Waals surface area contributed by atoms with E-state index in [0.717, 1.165) is 36.2 Å². The fraction of sp³-hybridized carbons (Fsp3) is 0.385. The van der Waals surface area contributed by atoms with Gasteiger partial charge in [-0.1, -0.05) is 0 Å². The summed E-state index contributed by atoms with van der Waals surface area (Å²) in [6.07, 6.45) is 6.27. The minimum absolute atomic E-state index is 0.115. The normalized spacial score (nSPS) is 19.5. The topological polar surface area (TPSA) is 167 Å². The fourth-order valence-electron chi connectivity index (χ4n) is 5.07. The van der Waals surface area contributed by atoms with Crippen molar-refractivity contribution in [3.05, 3.63) is 53.2 Å². The van der Waals surface area contributed by atoms with Crippen LogP contribution in [-0.2, 0) is 29.0 Å². The first-order valence-electron chi connectivity index (χ1n) is 12.7. The molecule has 3 aliphatic rings. The highest BCUT2D eigenvalue weighted by molar-refractivity contribution is 5.94. The second-order valence-electron chi connectivity index (χ2n) is 9.69. The molecule has 0 radical (unpaired) electrons. The molecule has 2 atom stereocenters. The Morgan fingerprint density at radius 3 is 3.03 bits per heavy atom. The second-order valence-corrected chi connectivity index (χ2v) is 9.69. The lowest BCUT2D eigenvalue weighted by Crippen LogP contribution is -2.30. The van der Waals surface area contributed by atoms with E-state index in [-0.39, 0.29) is 30.3 Å². The van der Waals surface area contributed by atoms with Gasteiger partial charge in [0, 0.05) is 0 Å². The molecule has 4 heterocycles. The summed E-state index contributed by atoms with van der Waals surface area (Å²) < 4.78 is 16.6. The molecule has 2 aromatic heterocycles. The summed E-state index contributed by atoms with van der Waals surface area (Å²) in [7, 11) is 0. The number of nitrogens with zero attached hydrogens (tertiary/aromatic N) is 5. The Bertz CT molecular complexity index is 1440. The molecule has 1 aliphatic carbocycles. The fourth-order valence-corrected chi connectivity index (χ4v) is 5.07. The van der Waals surface area contributed by atoms with Crippen molar-refractivity contribution in [3.8, 4) is 17.7 Å². The van der Waals surface area contributed by atoms with Crippen LogP contribution < -0.4 is 25.0 Å². The minimum Gasteiger partial charge on any atom is -0.487 e. The van der Waals surface area contributed by atoms with Gasteiger partial charge in [-0.3, -0.25) is 9.69 Å². The van der Waals surface area contributed by atoms with Crippen LogP contribution in [0.3, 0.4) is 0 Å². The van der Waals surface area contributed by atoms with Crippen molar-refractivity contribution in [2.24, 2.45) is 5.92 Å². The predicted molar refractivity (Wildman–Crippen MR) is 136 cm³/mol. The van der Waals surface area contributed by atoms with E-state index in [2.05, 4.69) is 36.6 Å². The summed E-state index contributed by atoms with van der Waals surface area (Å²) in [5.74, 6) is 1.43. The van der Waals surface area contributed by atoms with Crippen LogP contribution in [0.15, 0.2) is 30.9 Å². The van der Waals surface area contributed by atoms with Gasteiger partial charge in [0.25, 0.3) is 11.8 Å². The molecule has 1 fully saturated rings. The van der Waals surface area contributed by atoms with E-state index in [9.17, 15) is 14.9 Å². The molecule has 13 nitrogen and oxygen atoms in total. The van der Waals surface area contributed by atoms with Gasteiger partial charge < -0.3 is 29.8 Å². The maximum Gasteiger partial charge on any atom is 0.415 e. The number of aromatic nitrogens is 4. The lowest BCUT2D eigenvalue weighted by Gasteiger charge is -2.18. The summed E-state index contributed by atoms with van der Waals surface area (Å²) in [4.78, 5) is 40.8. The van der Waals surface area contributed by atoms with Crippen LogP contribution in [-0.4, -0.2) is 64.3 Å². The van der Waals surface area contributed by atoms with Crippen molar-refractivity contribution < 1.29 is 23.8 Å². The number of imidazole rings is 1. The Kier molecular flexibility index (Phi) is 6.68. The average molecular weight is 531 g/mol. The van der Waals surface area contributed by atoms with E-state index >= 15 is 0 Å². The van der Waals surface area contributed by atoms with Crippen molar-refractivity contribution in [3.63, 3.8) is 0 Å². The van der Waals surface area contributed by atoms with Crippen LogP contribution in [0.25, 0.3) is 0 Å². The highest BCUT2D eigenvalue weighted by atomic mass is 16.6. The summed E-state index contributed by atoms with van der Waals surface area (Å²) >= 11 is 0. The molecule has 39 heavy (non-hydrogen) atoms. The number of aromatic amines is 1. The van der Waals surface area contributed by atoms with Crippen LogP contribution in [0.5, 0.6) is 11.6 Å². The maximum atomic E-state index is 12.4. The number of carbonyl (C=O) groups is 2. The third-order valence-electron chi connectivity index (χ3n) is 6.94. The van der Waals surface area contributed by atoms with Gasteiger partial charge >= 0.3 is 6.09 Å². The molecule has 3 N–H and O–H groups in total. The average Bonchev–Trinajstić information content (AvgIpc) is 3.69. The van der Waals surface area contributed by atoms with Gasteiger partial charge in [-0.2, -0.15) is 5.26 Å². The molecule has 1 aromatic carbocycles. The Labute approximate surface area is 223 Å². The number of benzene rings is 1. The third-order valence-corrected chi connectivity index (χ3v) is 6.94. The minimum atomic E-state index is -0.502. The zero-order valence-corrected chi connectivity index (χ0v) is 21.0. The van der Waals surface area contributed by atoms with Gasteiger partial charge in [0.15, 0.2) is 18.2 Å². The van der Waals surface area contributed by atoms with Crippen LogP contribution in [0, 0.1) is 17.2 Å². The summed E-state index contributed by atoms with van der Waals surface area (Å²) in [5, 5.41) is 15.7. The quantitative estimate of drug-likeness (QED) is 0.346. The molecule has 1 saturated heterocycles. The molecule has 200 valence electrons. The van der Waals surface area contributed by atoms with Gasteiger partial charge in [0.1, 0.15) is 18.5 Å². The molecular weight excluding hydrogens is 504 g/mol. The lowest BCUT2D eigenvalue weighted by molar-refractivity contribution is -0.118. The largest absolute Gasteiger partial charge is 0.487 e. The van der Waals surface area contributed by atoms with Crippen LogP contribution in [0.2, 0.25) is 0 Å². The molecule has 13 heteroatoms. The summed E-state index contributed by atoms with van der Waals surface area (Å²) in [6, 6.07) is 6.15. The van der Waals surface area contributed by atoms with E-state index in [4.69, 9.17) is 14.2 Å². The number of rotatable bonds is 9. The number of amides is 2. The molecule has 3 aromatic rings. The number of hydrogen-bond acceptors (Lipinski definition) is 10. The molecule has 2 aliphatic heterocycles. The lowest BCUT2D eigenvalue weighted by atomic mass is 10.0. The summed E-state index contributed by atoms with van der Waals surface area (Å²) in [6.45, 7) is 2.04. The first-order chi connectivity index (χ1) is 19.1. The van der Waals surface area contributed by atoms with Crippen molar-refractivity contribution in [1.82, 2.24) is 25.3 Å². The van der Waals surface area contributed by atoms with Gasteiger partial charge in [-0.25, -0.2) is 19.7 Å². The SMILES string of the molecule is N#Cc1cc(OCc2cnc[nH]2)cc2c1CC(CNCCC1CN(c3cnc4c(n3)NC(=O)CO4)C(=O)O1)C2. The van der Waals surface area contributed by atoms with E-state index < -0.39 is 6.09 Å². The molecule has 0 spiro atoms. The van der Waals surface area contributed by atoms with E-state index in [0.29, 0.717) is 49.2 Å². The van der Waals surface area contributed by atoms with Gasteiger partial charge in [0.05, 0.1) is 42.6 Å². The summed E-state index contributed by atoms with van der Waals surface area (Å²) in [5.41, 5.74) is 3.76. The highest BCUT2D eigenvalue weighted by Gasteiger charge is 2.34. The number of nitriles is 1. The Hall–Kier alpha value is -4.70. The van der Waals surface area contributed by atoms with Crippen LogP contribution in [0.4, 0.5) is 16.4 Å². The molecular formula is C26H26N8O5. The smallest absolute Gasteiger partial charge is 0.415 e. The highest BCUT2D eigenvalue weighted by Crippen LogP contribution is 2.33. The van der Waals surface area contributed by atoms with Crippen molar-refractivity contribution in [1.29, 1.82) is 5.26 Å². The third kappa shape index (κ3) is 5.32. The first-order valence-corrected chi connectivity index (χ1v) is 12.7. The van der Waals surface area contributed by atoms with E-state index in [1.807, 2.05) is 6.07 Å².